The standard InChI is InChI=1S/C14H20N2O3S/c1-8-6-4-5-7-14(8,13(18)19)16-12(17)11-9(2)15-10(3)20-11/h8H,4-7H2,1-3H3,(H,16,17)(H,18,19). The molecule has 1 aliphatic rings. The number of hydrogen-bond donors (Lipinski definition) is 2. The van der Waals surface area contributed by atoms with Crippen LogP contribution in [0.15, 0.2) is 0 Å². The van der Waals surface area contributed by atoms with Crippen LogP contribution in [0.4, 0.5) is 0 Å². The van der Waals surface area contributed by atoms with Crippen LogP contribution in [0.1, 0.15) is 53.0 Å². The molecule has 110 valence electrons. The predicted octanol–water partition coefficient (Wildman–Crippen LogP) is 2.52. The lowest BCUT2D eigenvalue weighted by Crippen LogP contribution is -2.59. The Morgan fingerprint density at radius 2 is 2.10 bits per heavy atom. The Kier molecular flexibility index (Phi) is 4.13. The number of carbonyl (C=O) groups excluding carboxylic acids is 1. The van der Waals surface area contributed by atoms with Gasteiger partial charge in [0.15, 0.2) is 0 Å². The van der Waals surface area contributed by atoms with Gasteiger partial charge in [-0.3, -0.25) is 4.79 Å². The zero-order valence-corrected chi connectivity index (χ0v) is 12.8. The van der Waals surface area contributed by atoms with Crippen molar-refractivity contribution >= 4 is 23.2 Å². The number of aromatic nitrogens is 1. The maximum Gasteiger partial charge on any atom is 0.329 e. The fourth-order valence-corrected chi connectivity index (χ4v) is 3.72. The fraction of sp³-hybridized carbons (Fsp3) is 0.643. The Bertz CT molecular complexity index is 541. The summed E-state index contributed by atoms with van der Waals surface area (Å²) >= 11 is 1.31. The Morgan fingerprint density at radius 1 is 1.40 bits per heavy atom. The summed E-state index contributed by atoms with van der Waals surface area (Å²) in [6.07, 6.45) is 3.17. The largest absolute Gasteiger partial charge is 0.479 e. The number of amides is 1. The second kappa shape index (κ2) is 5.52. The number of carbonyl (C=O) groups is 2. The Hall–Kier alpha value is -1.43. The number of nitrogens with one attached hydrogen (secondary N) is 1. The third-order valence-electron chi connectivity index (χ3n) is 4.13. The fourth-order valence-electron chi connectivity index (χ4n) is 2.91. The molecule has 20 heavy (non-hydrogen) atoms. The molecule has 1 heterocycles. The topological polar surface area (TPSA) is 79.3 Å². The molecule has 1 aliphatic carbocycles. The summed E-state index contributed by atoms with van der Waals surface area (Å²) in [7, 11) is 0. The number of rotatable bonds is 3. The molecule has 0 spiro atoms. The minimum Gasteiger partial charge on any atom is -0.479 e. The summed E-state index contributed by atoms with van der Waals surface area (Å²) in [4.78, 5) is 28.9. The van der Waals surface area contributed by atoms with E-state index in [1.54, 1.807) is 6.92 Å². The van der Waals surface area contributed by atoms with Gasteiger partial charge < -0.3 is 10.4 Å². The van der Waals surface area contributed by atoms with Crippen molar-refractivity contribution in [1.29, 1.82) is 0 Å². The van der Waals surface area contributed by atoms with E-state index in [1.807, 2.05) is 13.8 Å². The van der Waals surface area contributed by atoms with Gasteiger partial charge in [0.2, 0.25) is 0 Å². The third-order valence-corrected chi connectivity index (χ3v) is 5.20. The van der Waals surface area contributed by atoms with E-state index >= 15 is 0 Å². The zero-order chi connectivity index (χ0) is 14.9. The van der Waals surface area contributed by atoms with E-state index in [0.29, 0.717) is 17.0 Å². The monoisotopic (exact) mass is 296 g/mol. The van der Waals surface area contributed by atoms with Gasteiger partial charge in [0.25, 0.3) is 5.91 Å². The molecule has 1 fully saturated rings. The van der Waals surface area contributed by atoms with E-state index in [-0.39, 0.29) is 11.8 Å². The molecule has 0 radical (unpaired) electrons. The molecule has 0 aromatic carbocycles. The predicted molar refractivity (Wildman–Crippen MR) is 77.1 cm³/mol. The smallest absolute Gasteiger partial charge is 0.329 e. The molecule has 1 amide bonds. The van der Waals surface area contributed by atoms with Gasteiger partial charge in [-0.15, -0.1) is 11.3 Å². The molecule has 6 heteroatoms. The lowest BCUT2D eigenvalue weighted by atomic mass is 9.73. The number of aryl methyl sites for hydroxylation is 2. The molecular formula is C14H20N2O3S. The van der Waals surface area contributed by atoms with Gasteiger partial charge in [0, 0.05) is 0 Å². The van der Waals surface area contributed by atoms with Crippen molar-refractivity contribution in [3.05, 3.63) is 15.6 Å². The molecule has 1 aromatic heterocycles. The van der Waals surface area contributed by atoms with Crippen molar-refractivity contribution in [1.82, 2.24) is 10.3 Å². The number of thiazole rings is 1. The van der Waals surface area contributed by atoms with Crippen molar-refractivity contribution in [2.24, 2.45) is 5.92 Å². The highest BCUT2D eigenvalue weighted by atomic mass is 32.1. The van der Waals surface area contributed by atoms with Crippen LogP contribution in [-0.4, -0.2) is 27.5 Å². The number of hydrogen-bond acceptors (Lipinski definition) is 4. The van der Waals surface area contributed by atoms with Crippen molar-refractivity contribution in [2.45, 2.75) is 52.0 Å². The molecule has 0 aliphatic heterocycles. The highest BCUT2D eigenvalue weighted by Crippen LogP contribution is 2.34. The van der Waals surface area contributed by atoms with Gasteiger partial charge in [-0.05, 0) is 32.6 Å². The van der Waals surface area contributed by atoms with Crippen LogP contribution >= 0.6 is 11.3 Å². The minimum atomic E-state index is -1.14. The summed E-state index contributed by atoms with van der Waals surface area (Å²) in [5.74, 6) is -1.31. The minimum absolute atomic E-state index is 0.0629. The highest BCUT2D eigenvalue weighted by molar-refractivity contribution is 7.13. The van der Waals surface area contributed by atoms with Crippen LogP contribution in [0.3, 0.4) is 0 Å². The first kappa shape index (κ1) is 15.0. The highest BCUT2D eigenvalue weighted by Gasteiger charge is 2.46. The average molecular weight is 296 g/mol. The van der Waals surface area contributed by atoms with Crippen LogP contribution in [0, 0.1) is 19.8 Å². The lowest BCUT2D eigenvalue weighted by molar-refractivity contribution is -0.148. The molecule has 1 saturated carbocycles. The van der Waals surface area contributed by atoms with E-state index in [9.17, 15) is 14.7 Å². The van der Waals surface area contributed by atoms with E-state index in [4.69, 9.17) is 0 Å². The van der Waals surface area contributed by atoms with Gasteiger partial charge in [-0.2, -0.15) is 0 Å². The van der Waals surface area contributed by atoms with Gasteiger partial charge in [0.05, 0.1) is 10.7 Å². The molecule has 0 bridgehead atoms. The van der Waals surface area contributed by atoms with Gasteiger partial charge >= 0.3 is 5.97 Å². The number of nitrogens with zero attached hydrogens (tertiary/aromatic N) is 1. The first-order valence-electron chi connectivity index (χ1n) is 6.87. The molecule has 2 rings (SSSR count). The molecule has 0 saturated heterocycles. The van der Waals surface area contributed by atoms with Crippen molar-refractivity contribution in [2.75, 3.05) is 0 Å². The second-order valence-corrected chi connectivity index (χ2v) is 6.73. The number of carboxylic acid groups (broad SMARTS) is 1. The molecule has 2 atom stereocenters. The molecular weight excluding hydrogens is 276 g/mol. The third kappa shape index (κ3) is 2.57. The van der Waals surface area contributed by atoms with Crippen LogP contribution in [0.2, 0.25) is 0 Å². The van der Waals surface area contributed by atoms with Crippen LogP contribution in [0.5, 0.6) is 0 Å². The zero-order valence-electron chi connectivity index (χ0n) is 12.0. The van der Waals surface area contributed by atoms with E-state index in [2.05, 4.69) is 10.3 Å². The summed E-state index contributed by atoms with van der Waals surface area (Å²) in [5.41, 5.74) is -0.478. The molecule has 1 aromatic rings. The average Bonchev–Trinajstić information content (AvgIpc) is 2.71. The number of aliphatic carboxylic acids is 1. The van der Waals surface area contributed by atoms with Crippen LogP contribution < -0.4 is 5.32 Å². The summed E-state index contributed by atoms with van der Waals surface area (Å²) in [6.45, 7) is 5.51. The first-order valence-corrected chi connectivity index (χ1v) is 7.68. The Labute approximate surface area is 122 Å². The Morgan fingerprint density at radius 3 is 2.60 bits per heavy atom. The van der Waals surface area contributed by atoms with Crippen molar-refractivity contribution in [3.63, 3.8) is 0 Å². The summed E-state index contributed by atoms with van der Waals surface area (Å²) < 4.78 is 0. The van der Waals surface area contributed by atoms with E-state index in [1.165, 1.54) is 11.3 Å². The van der Waals surface area contributed by atoms with Gasteiger partial charge in [-0.1, -0.05) is 19.8 Å². The van der Waals surface area contributed by atoms with E-state index < -0.39 is 11.5 Å². The SMILES string of the molecule is Cc1nc(C)c(C(=O)NC2(C(=O)O)CCCCC2C)s1. The normalized spacial score (nSPS) is 26.2. The van der Waals surface area contributed by atoms with Crippen molar-refractivity contribution in [3.8, 4) is 0 Å². The first-order chi connectivity index (χ1) is 9.36. The maximum absolute atomic E-state index is 12.4. The molecule has 2 N–H and O–H groups in total. The van der Waals surface area contributed by atoms with Gasteiger partial charge in [0.1, 0.15) is 10.4 Å². The van der Waals surface area contributed by atoms with Crippen LogP contribution in [0.25, 0.3) is 0 Å². The van der Waals surface area contributed by atoms with E-state index in [0.717, 1.165) is 24.3 Å². The molecule has 2 unspecified atom stereocenters. The molecule has 5 nitrogen and oxygen atoms in total. The number of carboxylic acids is 1. The second-order valence-electron chi connectivity index (χ2n) is 5.52. The summed E-state index contributed by atoms with van der Waals surface area (Å²) in [5, 5.41) is 13.2. The quantitative estimate of drug-likeness (QED) is 0.898. The Balaban J connectivity index is 2.27. The maximum atomic E-state index is 12.4. The van der Waals surface area contributed by atoms with Crippen molar-refractivity contribution < 1.29 is 14.7 Å². The van der Waals surface area contributed by atoms with Crippen LogP contribution in [-0.2, 0) is 4.79 Å². The lowest BCUT2D eigenvalue weighted by Gasteiger charge is -2.39. The van der Waals surface area contributed by atoms with Gasteiger partial charge in [-0.25, -0.2) is 9.78 Å². The summed E-state index contributed by atoms with van der Waals surface area (Å²) in [6, 6.07) is 0.